The second-order valence-electron chi connectivity index (χ2n) is 7.23. The van der Waals surface area contributed by atoms with Gasteiger partial charge in [0.1, 0.15) is 0 Å². The fourth-order valence-electron chi connectivity index (χ4n) is 3.35. The summed E-state index contributed by atoms with van der Waals surface area (Å²) < 4.78 is 0. The zero-order valence-electron chi connectivity index (χ0n) is 16.7. The first-order valence-corrected chi connectivity index (χ1v) is 9.72. The van der Waals surface area contributed by atoms with Crippen LogP contribution < -0.4 is 0 Å². The Labute approximate surface area is 170 Å². The number of nitrogens with zero attached hydrogens (tertiary/aromatic N) is 3. The smallest absolute Gasteiger partial charge is 0.254 e. The van der Waals surface area contributed by atoms with Crippen molar-refractivity contribution in [3.8, 4) is 0 Å². The van der Waals surface area contributed by atoms with Crippen LogP contribution in [0.5, 0.6) is 0 Å². The molecule has 0 spiro atoms. The molecule has 0 radical (unpaired) electrons. The standard InChI is InChI=1S/C25H23N3O/c1-18-19(2)27-24-15-22(13-14-23(24)26-18)25(29)28(16-20-9-5-3-6-10-20)17-21-11-7-4-8-12-21/h3-15H,16-17H2,1-2H3. The number of fused-ring (bicyclic) bond motifs is 1. The van der Waals surface area contributed by atoms with Crippen LogP contribution in [0.25, 0.3) is 11.0 Å². The maximum Gasteiger partial charge on any atom is 0.254 e. The van der Waals surface area contributed by atoms with Gasteiger partial charge in [0, 0.05) is 18.7 Å². The van der Waals surface area contributed by atoms with Gasteiger partial charge in [0.05, 0.1) is 22.4 Å². The van der Waals surface area contributed by atoms with Gasteiger partial charge in [-0.15, -0.1) is 0 Å². The highest BCUT2D eigenvalue weighted by atomic mass is 16.2. The molecule has 1 aromatic heterocycles. The molecule has 0 aliphatic carbocycles. The molecule has 0 unspecified atom stereocenters. The van der Waals surface area contributed by atoms with Gasteiger partial charge in [-0.2, -0.15) is 0 Å². The van der Waals surface area contributed by atoms with E-state index >= 15 is 0 Å². The van der Waals surface area contributed by atoms with Crippen molar-refractivity contribution < 1.29 is 4.79 Å². The molecule has 4 aromatic rings. The summed E-state index contributed by atoms with van der Waals surface area (Å²) >= 11 is 0. The largest absolute Gasteiger partial charge is 0.330 e. The number of carbonyl (C=O) groups excluding carboxylic acids is 1. The third kappa shape index (κ3) is 4.32. The molecule has 1 amide bonds. The lowest BCUT2D eigenvalue weighted by molar-refractivity contribution is 0.0730. The van der Waals surface area contributed by atoms with Gasteiger partial charge >= 0.3 is 0 Å². The van der Waals surface area contributed by atoms with Crippen LogP contribution in [0.4, 0.5) is 0 Å². The quantitative estimate of drug-likeness (QED) is 0.484. The first-order valence-electron chi connectivity index (χ1n) is 9.72. The molecule has 29 heavy (non-hydrogen) atoms. The Bertz CT molecular complexity index is 1100. The van der Waals surface area contributed by atoms with E-state index in [1.54, 1.807) is 0 Å². The topological polar surface area (TPSA) is 46.1 Å². The SMILES string of the molecule is Cc1nc2ccc(C(=O)N(Cc3ccccc3)Cc3ccccc3)cc2nc1C. The van der Waals surface area contributed by atoms with Gasteiger partial charge in [-0.05, 0) is 43.2 Å². The average Bonchev–Trinajstić information content (AvgIpc) is 2.75. The Balaban J connectivity index is 1.68. The summed E-state index contributed by atoms with van der Waals surface area (Å²) in [7, 11) is 0. The van der Waals surface area contributed by atoms with Crippen LogP contribution in [0, 0.1) is 13.8 Å². The maximum absolute atomic E-state index is 13.4. The van der Waals surface area contributed by atoms with Crippen LogP contribution in [0.3, 0.4) is 0 Å². The van der Waals surface area contributed by atoms with Gasteiger partial charge in [-0.3, -0.25) is 4.79 Å². The van der Waals surface area contributed by atoms with E-state index in [1.807, 2.05) is 97.6 Å². The number of benzene rings is 3. The molecule has 0 saturated carbocycles. The lowest BCUT2D eigenvalue weighted by atomic mass is 10.1. The van der Waals surface area contributed by atoms with Gasteiger partial charge in [0.15, 0.2) is 0 Å². The summed E-state index contributed by atoms with van der Waals surface area (Å²) in [4.78, 5) is 24.5. The zero-order chi connectivity index (χ0) is 20.2. The van der Waals surface area contributed by atoms with E-state index in [-0.39, 0.29) is 5.91 Å². The number of carbonyl (C=O) groups is 1. The summed E-state index contributed by atoms with van der Waals surface area (Å²) in [6, 6.07) is 25.7. The Kier molecular flexibility index (Phi) is 5.34. The molecule has 4 nitrogen and oxygen atoms in total. The summed E-state index contributed by atoms with van der Waals surface area (Å²) in [5, 5.41) is 0. The van der Waals surface area contributed by atoms with Crippen molar-refractivity contribution in [3.63, 3.8) is 0 Å². The fraction of sp³-hybridized carbons (Fsp3) is 0.160. The van der Waals surface area contributed by atoms with Gasteiger partial charge < -0.3 is 4.90 Å². The van der Waals surface area contributed by atoms with Crippen LogP contribution in [-0.4, -0.2) is 20.8 Å². The lowest BCUT2D eigenvalue weighted by Crippen LogP contribution is -2.30. The van der Waals surface area contributed by atoms with E-state index in [9.17, 15) is 4.79 Å². The third-order valence-corrected chi connectivity index (χ3v) is 5.04. The zero-order valence-corrected chi connectivity index (χ0v) is 16.7. The van der Waals surface area contributed by atoms with Gasteiger partial charge in [0.2, 0.25) is 0 Å². The highest BCUT2D eigenvalue weighted by Gasteiger charge is 2.18. The number of hydrogen-bond donors (Lipinski definition) is 0. The molecule has 0 fully saturated rings. The highest BCUT2D eigenvalue weighted by Crippen LogP contribution is 2.18. The second-order valence-corrected chi connectivity index (χ2v) is 7.23. The van der Waals surface area contributed by atoms with E-state index in [1.165, 1.54) is 0 Å². The molecular formula is C25H23N3O. The number of amides is 1. The number of hydrogen-bond acceptors (Lipinski definition) is 3. The molecular weight excluding hydrogens is 358 g/mol. The van der Waals surface area contributed by atoms with E-state index in [2.05, 4.69) is 9.97 Å². The monoisotopic (exact) mass is 381 g/mol. The predicted molar refractivity (Wildman–Crippen MR) is 115 cm³/mol. The van der Waals surface area contributed by atoms with Crippen LogP contribution >= 0.6 is 0 Å². The highest BCUT2D eigenvalue weighted by molar-refractivity contribution is 5.97. The van der Waals surface area contributed by atoms with E-state index < -0.39 is 0 Å². The van der Waals surface area contributed by atoms with Crippen molar-refractivity contribution >= 4 is 16.9 Å². The van der Waals surface area contributed by atoms with Crippen molar-refractivity contribution in [2.45, 2.75) is 26.9 Å². The third-order valence-electron chi connectivity index (χ3n) is 5.04. The van der Waals surface area contributed by atoms with Crippen LogP contribution in [-0.2, 0) is 13.1 Å². The summed E-state index contributed by atoms with van der Waals surface area (Å²) in [5.74, 6) is -0.0142. The Hall–Kier alpha value is -3.53. The molecule has 144 valence electrons. The first-order chi connectivity index (χ1) is 14.1. The molecule has 4 rings (SSSR count). The van der Waals surface area contributed by atoms with E-state index in [4.69, 9.17) is 0 Å². The lowest BCUT2D eigenvalue weighted by Gasteiger charge is -2.23. The fourth-order valence-corrected chi connectivity index (χ4v) is 3.35. The molecule has 0 N–H and O–H groups in total. The molecule has 3 aromatic carbocycles. The summed E-state index contributed by atoms with van der Waals surface area (Å²) in [6.07, 6.45) is 0. The summed E-state index contributed by atoms with van der Waals surface area (Å²) in [6.45, 7) is 4.98. The summed E-state index contributed by atoms with van der Waals surface area (Å²) in [5.41, 5.74) is 6.18. The Morgan fingerprint density at radius 3 is 1.79 bits per heavy atom. The average molecular weight is 381 g/mol. The molecule has 0 aliphatic rings. The molecule has 0 atom stereocenters. The van der Waals surface area contributed by atoms with E-state index in [0.717, 1.165) is 33.5 Å². The minimum Gasteiger partial charge on any atom is -0.330 e. The van der Waals surface area contributed by atoms with Gasteiger partial charge in [-0.25, -0.2) is 9.97 Å². The molecule has 0 saturated heterocycles. The normalized spacial score (nSPS) is 10.8. The minimum absolute atomic E-state index is 0.0142. The Morgan fingerprint density at radius 2 is 1.24 bits per heavy atom. The maximum atomic E-state index is 13.4. The number of aromatic nitrogens is 2. The number of rotatable bonds is 5. The van der Waals surface area contributed by atoms with Gasteiger partial charge in [-0.1, -0.05) is 60.7 Å². The van der Waals surface area contributed by atoms with Crippen molar-refractivity contribution in [1.82, 2.24) is 14.9 Å². The molecule has 4 heteroatoms. The molecule has 0 bridgehead atoms. The van der Waals surface area contributed by atoms with Gasteiger partial charge in [0.25, 0.3) is 5.91 Å². The predicted octanol–water partition coefficient (Wildman–Crippen LogP) is 5.09. The van der Waals surface area contributed by atoms with Crippen molar-refractivity contribution in [2.24, 2.45) is 0 Å². The number of aryl methyl sites for hydroxylation is 2. The molecule has 1 heterocycles. The van der Waals surface area contributed by atoms with Crippen molar-refractivity contribution in [3.05, 3.63) is 107 Å². The van der Waals surface area contributed by atoms with Crippen LogP contribution in [0.15, 0.2) is 78.9 Å². The van der Waals surface area contributed by atoms with E-state index in [0.29, 0.717) is 18.7 Å². The van der Waals surface area contributed by atoms with Crippen LogP contribution in [0.1, 0.15) is 32.9 Å². The second kappa shape index (κ2) is 8.23. The Morgan fingerprint density at radius 1 is 0.724 bits per heavy atom. The minimum atomic E-state index is -0.0142. The van der Waals surface area contributed by atoms with Crippen molar-refractivity contribution in [1.29, 1.82) is 0 Å². The first kappa shape index (κ1) is 18.8. The van der Waals surface area contributed by atoms with Crippen LogP contribution in [0.2, 0.25) is 0 Å². The van der Waals surface area contributed by atoms with Crippen molar-refractivity contribution in [2.75, 3.05) is 0 Å². The molecule has 0 aliphatic heterocycles.